The first-order chi connectivity index (χ1) is 16.0. The molecule has 0 bridgehead atoms. The summed E-state index contributed by atoms with van der Waals surface area (Å²) in [7, 11) is 0. The second kappa shape index (κ2) is 8.92. The highest BCUT2D eigenvalue weighted by atomic mass is 79.9. The highest BCUT2D eigenvalue weighted by Gasteiger charge is 2.13. The molecular formula is C24H17BrFN3O3S. The molecule has 0 spiro atoms. The summed E-state index contributed by atoms with van der Waals surface area (Å²) in [6, 6.07) is 13.7. The molecular weight excluding hydrogens is 509 g/mol. The molecule has 0 radical (unpaired) electrons. The molecule has 33 heavy (non-hydrogen) atoms. The summed E-state index contributed by atoms with van der Waals surface area (Å²) >= 11 is 4.67. The summed E-state index contributed by atoms with van der Waals surface area (Å²) in [5, 5.41) is 0. The van der Waals surface area contributed by atoms with Gasteiger partial charge in [-0.2, -0.15) is 0 Å². The van der Waals surface area contributed by atoms with E-state index in [0.717, 1.165) is 10.0 Å². The predicted molar refractivity (Wildman–Crippen MR) is 129 cm³/mol. The molecule has 0 N–H and O–H groups in total. The van der Waals surface area contributed by atoms with Gasteiger partial charge in [0.2, 0.25) is 0 Å². The molecule has 0 unspecified atom stereocenters. The van der Waals surface area contributed by atoms with E-state index in [2.05, 4.69) is 25.9 Å². The van der Waals surface area contributed by atoms with Crippen molar-refractivity contribution in [3.05, 3.63) is 91.0 Å². The summed E-state index contributed by atoms with van der Waals surface area (Å²) in [6.45, 7) is 2.39. The minimum absolute atomic E-state index is 0.0822. The first kappa shape index (κ1) is 21.5. The first-order valence-electron chi connectivity index (χ1n) is 10.1. The number of nitrogens with zero attached hydrogens (tertiary/aromatic N) is 3. The lowest BCUT2D eigenvalue weighted by Gasteiger charge is -2.13. The van der Waals surface area contributed by atoms with Crippen molar-refractivity contribution in [1.29, 1.82) is 0 Å². The normalized spacial score (nSPS) is 12.0. The van der Waals surface area contributed by atoms with Gasteiger partial charge in [0.15, 0.2) is 22.1 Å². The van der Waals surface area contributed by atoms with Crippen LogP contribution in [0.4, 0.5) is 4.39 Å². The van der Waals surface area contributed by atoms with Crippen LogP contribution in [0.25, 0.3) is 22.2 Å². The number of hydrogen-bond donors (Lipinski definition) is 0. The van der Waals surface area contributed by atoms with Crippen LogP contribution in [0.15, 0.2) is 64.0 Å². The van der Waals surface area contributed by atoms with E-state index < -0.39 is 0 Å². The Morgan fingerprint density at radius 2 is 2.00 bits per heavy atom. The zero-order valence-corrected chi connectivity index (χ0v) is 19.8. The van der Waals surface area contributed by atoms with Crippen molar-refractivity contribution < 1.29 is 13.9 Å². The van der Waals surface area contributed by atoms with E-state index in [4.69, 9.17) is 9.47 Å². The minimum atomic E-state index is -0.319. The third-order valence-corrected chi connectivity index (χ3v) is 6.36. The molecule has 5 rings (SSSR count). The summed E-state index contributed by atoms with van der Waals surface area (Å²) in [4.78, 5) is 22.5. The highest BCUT2D eigenvalue weighted by Crippen LogP contribution is 2.30. The largest absolute Gasteiger partial charge is 0.490 e. The van der Waals surface area contributed by atoms with E-state index in [9.17, 15) is 9.18 Å². The number of aromatic nitrogens is 3. The van der Waals surface area contributed by atoms with Crippen molar-refractivity contribution in [3.8, 4) is 11.5 Å². The first-order valence-corrected chi connectivity index (χ1v) is 11.8. The fraction of sp³-hybridized carbons (Fsp3) is 0.125. The quantitative estimate of drug-likeness (QED) is 0.320. The van der Waals surface area contributed by atoms with Crippen molar-refractivity contribution in [2.45, 2.75) is 13.5 Å². The maximum Gasteiger partial charge on any atom is 0.276 e. The van der Waals surface area contributed by atoms with Gasteiger partial charge in [-0.1, -0.05) is 35.6 Å². The van der Waals surface area contributed by atoms with Crippen LogP contribution >= 0.6 is 27.3 Å². The van der Waals surface area contributed by atoms with Gasteiger partial charge in [-0.3, -0.25) is 4.79 Å². The lowest BCUT2D eigenvalue weighted by atomic mass is 10.2. The number of imidazole rings is 1. The van der Waals surface area contributed by atoms with Gasteiger partial charge < -0.3 is 9.47 Å². The average Bonchev–Trinajstić information content (AvgIpc) is 3.29. The standard InChI is InChI=1S/C24H17BrFN3O3S/c1-2-31-20-9-14(7-8-19(20)32-13-15-5-3-4-6-17(15)26)10-21-23(30)29-22-18(28-24(29)33-21)11-16(25)12-27-22/h3-12H,2,13H2,1H3/b21-10-. The van der Waals surface area contributed by atoms with Crippen molar-refractivity contribution in [2.75, 3.05) is 6.61 Å². The van der Waals surface area contributed by atoms with Gasteiger partial charge in [0.05, 0.1) is 11.1 Å². The van der Waals surface area contributed by atoms with E-state index in [0.29, 0.717) is 44.3 Å². The fourth-order valence-electron chi connectivity index (χ4n) is 3.44. The van der Waals surface area contributed by atoms with E-state index in [-0.39, 0.29) is 18.0 Å². The molecule has 0 saturated heterocycles. The summed E-state index contributed by atoms with van der Waals surface area (Å²) in [6.07, 6.45) is 3.43. The van der Waals surface area contributed by atoms with Crippen LogP contribution in [0.2, 0.25) is 0 Å². The summed E-state index contributed by atoms with van der Waals surface area (Å²) in [5.74, 6) is 0.704. The molecule has 9 heteroatoms. The maximum atomic E-state index is 13.9. The predicted octanol–water partition coefficient (Wildman–Crippen LogP) is 4.73. The lowest BCUT2D eigenvalue weighted by molar-refractivity contribution is 0.266. The number of pyridine rings is 1. The van der Waals surface area contributed by atoms with E-state index in [1.165, 1.54) is 21.8 Å². The molecule has 0 amide bonds. The molecule has 3 aromatic heterocycles. The molecule has 0 saturated carbocycles. The van der Waals surface area contributed by atoms with Crippen LogP contribution in [0.3, 0.4) is 0 Å². The molecule has 0 aliphatic carbocycles. The highest BCUT2D eigenvalue weighted by molar-refractivity contribution is 9.10. The molecule has 0 aliphatic heterocycles. The molecule has 0 fully saturated rings. The molecule has 166 valence electrons. The number of thiazole rings is 1. The molecule has 5 aromatic rings. The molecule has 0 atom stereocenters. The van der Waals surface area contributed by atoms with Crippen LogP contribution in [0, 0.1) is 5.82 Å². The Morgan fingerprint density at radius 3 is 2.82 bits per heavy atom. The topological polar surface area (TPSA) is 65.7 Å². The van der Waals surface area contributed by atoms with Crippen LogP contribution in [-0.2, 0) is 6.61 Å². The number of benzene rings is 2. The third-order valence-electron chi connectivity index (χ3n) is 4.95. The van der Waals surface area contributed by atoms with Crippen molar-refractivity contribution in [3.63, 3.8) is 0 Å². The Labute approximate surface area is 200 Å². The van der Waals surface area contributed by atoms with Gasteiger partial charge in [0, 0.05) is 16.2 Å². The van der Waals surface area contributed by atoms with Crippen molar-refractivity contribution in [1.82, 2.24) is 14.4 Å². The van der Waals surface area contributed by atoms with Crippen LogP contribution in [0.1, 0.15) is 18.1 Å². The Kier molecular flexibility index (Phi) is 5.82. The van der Waals surface area contributed by atoms with Gasteiger partial charge in [0.25, 0.3) is 5.56 Å². The molecule has 0 aliphatic rings. The number of halogens is 2. The van der Waals surface area contributed by atoms with Crippen molar-refractivity contribution >= 4 is 49.5 Å². The van der Waals surface area contributed by atoms with E-state index in [1.54, 1.807) is 42.6 Å². The zero-order chi connectivity index (χ0) is 22.9. The molecule has 2 aromatic carbocycles. The SMILES string of the molecule is CCOc1cc(/C=c2\sc3nc4cc(Br)cnc4n3c2=O)ccc1OCc1ccccc1F. The Balaban J connectivity index is 1.50. The monoisotopic (exact) mass is 525 g/mol. The fourth-order valence-corrected chi connectivity index (χ4v) is 4.73. The average molecular weight is 526 g/mol. The number of ether oxygens (including phenoxy) is 2. The van der Waals surface area contributed by atoms with E-state index in [1.807, 2.05) is 19.1 Å². The van der Waals surface area contributed by atoms with Gasteiger partial charge in [-0.25, -0.2) is 18.8 Å². The second-order valence-electron chi connectivity index (χ2n) is 7.16. The van der Waals surface area contributed by atoms with Gasteiger partial charge in [0.1, 0.15) is 17.9 Å². The van der Waals surface area contributed by atoms with E-state index >= 15 is 0 Å². The van der Waals surface area contributed by atoms with Gasteiger partial charge in [-0.05, 0) is 58.8 Å². The summed E-state index contributed by atoms with van der Waals surface area (Å²) in [5.41, 5.74) is 2.25. The molecule has 6 nitrogen and oxygen atoms in total. The lowest BCUT2D eigenvalue weighted by Crippen LogP contribution is -2.22. The van der Waals surface area contributed by atoms with Gasteiger partial charge >= 0.3 is 0 Å². The second-order valence-corrected chi connectivity index (χ2v) is 9.09. The Morgan fingerprint density at radius 1 is 1.15 bits per heavy atom. The van der Waals surface area contributed by atoms with Crippen LogP contribution in [-0.4, -0.2) is 21.0 Å². The Hall–Kier alpha value is -3.30. The zero-order valence-electron chi connectivity index (χ0n) is 17.4. The van der Waals surface area contributed by atoms with Crippen molar-refractivity contribution in [2.24, 2.45) is 0 Å². The summed E-state index contributed by atoms with van der Waals surface area (Å²) < 4.78 is 28.3. The minimum Gasteiger partial charge on any atom is -0.490 e. The van der Waals surface area contributed by atoms with Gasteiger partial charge in [-0.15, -0.1) is 0 Å². The maximum absolute atomic E-state index is 13.9. The smallest absolute Gasteiger partial charge is 0.276 e. The third kappa shape index (κ3) is 4.21. The Bertz CT molecular complexity index is 1600. The molecule has 3 heterocycles. The number of fused-ring (bicyclic) bond motifs is 3. The van der Waals surface area contributed by atoms with Crippen LogP contribution < -0.4 is 19.6 Å². The van der Waals surface area contributed by atoms with Crippen LogP contribution in [0.5, 0.6) is 11.5 Å². The number of rotatable bonds is 6. The number of hydrogen-bond acceptors (Lipinski definition) is 6.